The second-order valence-electron chi connectivity index (χ2n) is 5.61. The van der Waals surface area contributed by atoms with Gasteiger partial charge in [0.05, 0.1) is 4.92 Å². The van der Waals surface area contributed by atoms with Gasteiger partial charge in [-0.15, -0.1) is 0 Å². The molecule has 0 aliphatic heterocycles. The van der Waals surface area contributed by atoms with E-state index in [2.05, 4.69) is 15.8 Å². The maximum Gasteiger partial charge on any atom is 0.450 e. The van der Waals surface area contributed by atoms with Crippen molar-refractivity contribution in [2.45, 2.75) is 20.3 Å². The van der Waals surface area contributed by atoms with Crippen molar-refractivity contribution in [3.05, 3.63) is 58.1 Å². The van der Waals surface area contributed by atoms with Gasteiger partial charge in [0.25, 0.3) is 5.69 Å². The molecule has 0 fully saturated rings. The van der Waals surface area contributed by atoms with E-state index in [-0.39, 0.29) is 45.4 Å². The zero-order chi connectivity index (χ0) is 20.0. The second kappa shape index (κ2) is 11.5. The molecule has 0 saturated carbocycles. The van der Waals surface area contributed by atoms with Crippen LogP contribution in [0.3, 0.4) is 0 Å². The second-order valence-corrected chi connectivity index (χ2v) is 5.61. The summed E-state index contributed by atoms with van der Waals surface area (Å²) < 4.78 is 0. The number of hydrazone groups is 1. The van der Waals surface area contributed by atoms with Crippen LogP contribution in [0.4, 0.5) is 17.1 Å². The average Bonchev–Trinajstić information content (AvgIpc) is 2.62. The summed E-state index contributed by atoms with van der Waals surface area (Å²) in [6.45, 7) is 3.19. The van der Waals surface area contributed by atoms with Crippen LogP contribution in [0.15, 0.2) is 47.6 Å². The van der Waals surface area contributed by atoms with Crippen LogP contribution in [-0.4, -0.2) is 32.2 Å². The Kier molecular flexibility index (Phi) is 10.2. The Morgan fingerprint density at radius 1 is 1.28 bits per heavy atom. The number of nitro benzene ring substituents is 1. The number of aryl methyl sites for hydroxylation is 1. The number of phenols is 1. The molecule has 0 radical (unpaired) electrons. The zero-order valence-electron chi connectivity index (χ0n) is 15.7. The van der Waals surface area contributed by atoms with Gasteiger partial charge in [0.15, 0.2) is 5.78 Å². The third kappa shape index (κ3) is 7.00. The molecule has 0 heterocycles. The molecule has 29 heavy (non-hydrogen) atoms. The molecular formula is C18H22FeN4O6+2. The standard InChI is InChI=1S/C18H18N4O5.Fe.H2O/c1-3-12-5-4-6-13(9-12)19-18(25)17(11(2)23)21-20-15-10-14(22(26)27)7-8-16(15)24;;/h4-10,20,24H,3H2,1-2H3,(H,19,25);;1H2/p+2/b21-17-;;. The monoisotopic (exact) mass is 446 g/mol. The number of Topliss-reactive ketones (excluding diaryl/α,β-unsaturated/α-hetero) is 1. The van der Waals surface area contributed by atoms with Crippen molar-refractivity contribution in [3.8, 4) is 5.75 Å². The van der Waals surface area contributed by atoms with Crippen molar-refractivity contribution < 1.29 is 42.2 Å². The minimum atomic E-state index is -0.633. The van der Waals surface area contributed by atoms with Crippen molar-refractivity contribution in [2.75, 3.05) is 10.7 Å². The van der Waals surface area contributed by atoms with Gasteiger partial charge in [-0.2, -0.15) is 5.10 Å². The first-order valence-corrected chi connectivity index (χ1v) is 8.06. The number of anilines is 2. The van der Waals surface area contributed by atoms with Gasteiger partial charge >= 0.3 is 5.91 Å². The van der Waals surface area contributed by atoms with E-state index in [1.165, 1.54) is 6.92 Å². The van der Waals surface area contributed by atoms with Gasteiger partial charge < -0.3 is 10.6 Å². The number of nitrogens with zero attached hydrogens (tertiary/aromatic N) is 2. The molecule has 2 aromatic carbocycles. The molecule has 10 nitrogen and oxygen atoms in total. The number of ketones is 1. The maximum absolute atomic E-state index is 11.8. The molecule has 0 bridgehead atoms. The van der Waals surface area contributed by atoms with Crippen LogP contribution in [0.25, 0.3) is 0 Å². The minimum Gasteiger partial charge on any atom is -0.506 e. The van der Waals surface area contributed by atoms with E-state index >= 15 is 0 Å². The fourth-order valence-electron chi connectivity index (χ4n) is 2.21. The smallest absolute Gasteiger partial charge is 0.450 e. The minimum absolute atomic E-state index is 0. The summed E-state index contributed by atoms with van der Waals surface area (Å²) >= 11 is 0. The van der Waals surface area contributed by atoms with Gasteiger partial charge in [-0.3, -0.25) is 30.4 Å². The molecular weight excluding hydrogens is 424 g/mol. The first-order valence-electron chi connectivity index (χ1n) is 8.06. The number of nitrogens with one attached hydrogen (secondary N) is 2. The Morgan fingerprint density at radius 3 is 2.55 bits per heavy atom. The zero-order valence-corrected chi connectivity index (χ0v) is 16.8. The summed E-state index contributed by atoms with van der Waals surface area (Å²) in [6, 6.07) is 10.6. The fraction of sp³-hybridized carbons (Fsp3) is 0.167. The number of aromatic hydroxyl groups is 1. The molecule has 0 saturated heterocycles. The molecule has 0 spiro atoms. The van der Waals surface area contributed by atoms with Crippen LogP contribution in [0.1, 0.15) is 19.4 Å². The number of non-ortho nitro benzene ring substituents is 1. The number of hydrogen-bond acceptors (Lipinski definition) is 6. The third-order valence-corrected chi connectivity index (χ3v) is 3.63. The molecule has 2 rings (SSSR count). The van der Waals surface area contributed by atoms with Gasteiger partial charge in [0, 0.05) is 41.8 Å². The molecule has 0 aliphatic carbocycles. The summed E-state index contributed by atoms with van der Waals surface area (Å²) in [5.41, 5.74) is 3.30. The molecule has 7 N–H and O–H groups in total. The molecule has 0 unspecified atom stereocenters. The van der Waals surface area contributed by atoms with Gasteiger partial charge in [0.1, 0.15) is 11.4 Å². The number of carbonyl (C=O) groups excluding carboxylic acids is 2. The fourth-order valence-corrected chi connectivity index (χ4v) is 2.21. The number of rotatable bonds is 7. The van der Waals surface area contributed by atoms with E-state index in [4.69, 9.17) is 0 Å². The molecule has 2 aromatic rings. The van der Waals surface area contributed by atoms with Crippen LogP contribution < -0.4 is 10.7 Å². The SMILES string of the molecule is CCc1cccc(NC(=[OH+])/C(=N\Nc2cc([N+](=O)[O-])ccc2O)C(C)=O)c1.[Fe].[OH3+]. The molecule has 0 atom stereocenters. The summed E-state index contributed by atoms with van der Waals surface area (Å²) in [4.78, 5) is 32.2. The van der Waals surface area contributed by atoms with Crippen LogP contribution in [-0.2, 0) is 33.8 Å². The van der Waals surface area contributed by atoms with E-state index in [1.807, 2.05) is 19.1 Å². The molecule has 0 aliphatic rings. The quantitative estimate of drug-likeness (QED) is 0.112. The van der Waals surface area contributed by atoms with Crippen LogP contribution >= 0.6 is 0 Å². The Bertz CT molecular complexity index is 932. The summed E-state index contributed by atoms with van der Waals surface area (Å²) in [5.74, 6) is -1.34. The van der Waals surface area contributed by atoms with E-state index in [1.54, 1.807) is 12.1 Å². The summed E-state index contributed by atoms with van der Waals surface area (Å²) in [6.07, 6.45) is 0.803. The van der Waals surface area contributed by atoms with Crippen molar-refractivity contribution in [1.29, 1.82) is 0 Å². The van der Waals surface area contributed by atoms with Crippen molar-refractivity contribution in [3.63, 3.8) is 0 Å². The predicted molar refractivity (Wildman–Crippen MR) is 108 cm³/mol. The number of hydrogen-bond donors (Lipinski definition) is 3. The van der Waals surface area contributed by atoms with Crippen molar-refractivity contribution >= 4 is 34.5 Å². The number of nitro groups is 1. The first-order chi connectivity index (χ1) is 12.8. The van der Waals surface area contributed by atoms with E-state index in [0.717, 1.165) is 30.2 Å². The first kappa shape index (κ1) is 25.7. The molecule has 11 heteroatoms. The number of phenolic OH excluding ortho intramolecular Hbond substituents is 1. The van der Waals surface area contributed by atoms with E-state index < -0.39 is 16.6 Å². The Balaban J connectivity index is 0.00000392. The largest absolute Gasteiger partial charge is 0.506 e. The van der Waals surface area contributed by atoms with E-state index in [0.29, 0.717) is 5.69 Å². The number of carbonyl (C=O) groups is 1. The van der Waals surface area contributed by atoms with Crippen molar-refractivity contribution in [2.24, 2.45) is 5.10 Å². The molecule has 156 valence electrons. The summed E-state index contributed by atoms with van der Waals surface area (Å²) in [5, 5.41) is 27.1. The maximum atomic E-state index is 11.8. The average molecular weight is 446 g/mol. The van der Waals surface area contributed by atoms with Crippen LogP contribution in [0.2, 0.25) is 0 Å². The molecule has 0 aromatic heterocycles. The van der Waals surface area contributed by atoms with Gasteiger partial charge in [-0.1, -0.05) is 19.1 Å². The van der Waals surface area contributed by atoms with Gasteiger partial charge in [0.2, 0.25) is 5.71 Å². The van der Waals surface area contributed by atoms with Crippen molar-refractivity contribution in [1.82, 2.24) is 0 Å². The van der Waals surface area contributed by atoms with Crippen LogP contribution in [0.5, 0.6) is 5.75 Å². The molecule has 1 amide bonds. The van der Waals surface area contributed by atoms with Crippen LogP contribution in [0, 0.1) is 10.1 Å². The number of benzene rings is 2. The van der Waals surface area contributed by atoms with E-state index in [9.17, 15) is 24.8 Å². The normalized spacial score (nSPS) is 10.2. The topological polar surface area (TPSA) is 171 Å². The number of amides is 1. The third-order valence-electron chi connectivity index (χ3n) is 3.63. The Labute approximate surface area is 176 Å². The van der Waals surface area contributed by atoms with Gasteiger partial charge in [-0.25, -0.2) is 0 Å². The Morgan fingerprint density at radius 2 is 1.97 bits per heavy atom. The van der Waals surface area contributed by atoms with Gasteiger partial charge in [-0.05, 0) is 30.2 Å². The Hall–Kier alpha value is -3.27. The predicted octanol–water partition coefficient (Wildman–Crippen LogP) is 1.91. The summed E-state index contributed by atoms with van der Waals surface area (Å²) in [7, 11) is 0.